The summed E-state index contributed by atoms with van der Waals surface area (Å²) in [6, 6.07) is 6.91. The molecular weight excluding hydrogens is 192 g/mol. The average Bonchev–Trinajstić information content (AvgIpc) is 2.27. The largest absolute Gasteiger partial charge is 0.466 e. The molecule has 0 aromatic heterocycles. The Morgan fingerprint density at radius 1 is 1.60 bits per heavy atom. The molecule has 0 radical (unpaired) electrons. The monoisotopic (exact) mass is 202 g/mol. The Bertz CT molecular complexity index is 444. The molecule has 1 aromatic carbocycles. The number of carbonyl (C=O) groups excluding carboxylic acids is 1. The fourth-order valence-electron chi connectivity index (χ4n) is 1.01. The highest BCUT2D eigenvalue weighted by molar-refractivity contribution is 5.87. The number of nitrogens with two attached hydrogens (primary N) is 1. The first-order chi connectivity index (χ1) is 7.17. The number of nitriles is 1. The maximum atomic E-state index is 10.8. The highest BCUT2D eigenvalue weighted by Gasteiger charge is 1.98. The third-order valence-corrected chi connectivity index (χ3v) is 1.81. The SMILES string of the molecule is COC(=O)/C=C/c1ccc(N)c(C#N)c1. The van der Waals surface area contributed by atoms with Gasteiger partial charge in [0.05, 0.1) is 12.7 Å². The van der Waals surface area contributed by atoms with Crippen LogP contribution in [0.3, 0.4) is 0 Å². The van der Waals surface area contributed by atoms with Gasteiger partial charge in [0.2, 0.25) is 0 Å². The lowest BCUT2D eigenvalue weighted by atomic mass is 10.1. The molecule has 4 nitrogen and oxygen atoms in total. The third kappa shape index (κ3) is 2.85. The van der Waals surface area contributed by atoms with E-state index in [1.165, 1.54) is 13.2 Å². The molecule has 1 rings (SSSR count). The minimum absolute atomic E-state index is 0.391. The topological polar surface area (TPSA) is 76.1 Å². The van der Waals surface area contributed by atoms with Gasteiger partial charge in [-0.15, -0.1) is 0 Å². The highest BCUT2D eigenvalue weighted by atomic mass is 16.5. The van der Waals surface area contributed by atoms with Crippen LogP contribution in [0.2, 0.25) is 0 Å². The van der Waals surface area contributed by atoms with Gasteiger partial charge in [0.1, 0.15) is 6.07 Å². The molecule has 0 bridgehead atoms. The zero-order chi connectivity index (χ0) is 11.3. The highest BCUT2D eigenvalue weighted by Crippen LogP contribution is 2.13. The van der Waals surface area contributed by atoms with E-state index in [1.54, 1.807) is 24.3 Å². The second-order valence-corrected chi connectivity index (χ2v) is 2.81. The Morgan fingerprint density at radius 2 is 2.33 bits per heavy atom. The summed E-state index contributed by atoms with van der Waals surface area (Å²) in [4.78, 5) is 10.8. The van der Waals surface area contributed by atoms with Crippen LogP contribution >= 0.6 is 0 Å². The average molecular weight is 202 g/mol. The van der Waals surface area contributed by atoms with Crippen molar-refractivity contribution in [3.8, 4) is 6.07 Å². The fraction of sp³-hybridized carbons (Fsp3) is 0.0909. The van der Waals surface area contributed by atoms with E-state index in [0.29, 0.717) is 11.3 Å². The lowest BCUT2D eigenvalue weighted by Gasteiger charge is -1.98. The van der Waals surface area contributed by atoms with Gasteiger partial charge in [0, 0.05) is 11.8 Å². The summed E-state index contributed by atoms with van der Waals surface area (Å²) in [5, 5.41) is 8.72. The first-order valence-electron chi connectivity index (χ1n) is 4.23. The van der Waals surface area contributed by atoms with Crippen molar-refractivity contribution in [2.24, 2.45) is 0 Å². The molecule has 15 heavy (non-hydrogen) atoms. The van der Waals surface area contributed by atoms with Crippen LogP contribution < -0.4 is 5.73 Å². The quantitative estimate of drug-likeness (QED) is 0.446. The molecule has 0 aliphatic carbocycles. The smallest absolute Gasteiger partial charge is 0.330 e. The van der Waals surface area contributed by atoms with Crippen molar-refractivity contribution in [1.82, 2.24) is 0 Å². The Labute approximate surface area is 87.6 Å². The molecule has 0 unspecified atom stereocenters. The summed E-state index contributed by atoms with van der Waals surface area (Å²) in [5.74, 6) is -0.440. The number of anilines is 1. The van der Waals surface area contributed by atoms with Crippen molar-refractivity contribution in [3.63, 3.8) is 0 Å². The number of hydrogen-bond acceptors (Lipinski definition) is 4. The van der Waals surface area contributed by atoms with E-state index in [2.05, 4.69) is 4.74 Å². The van der Waals surface area contributed by atoms with Crippen LogP contribution in [0.4, 0.5) is 5.69 Å². The zero-order valence-electron chi connectivity index (χ0n) is 8.23. The van der Waals surface area contributed by atoms with Gasteiger partial charge in [-0.1, -0.05) is 6.07 Å². The first-order valence-corrected chi connectivity index (χ1v) is 4.23. The van der Waals surface area contributed by atoms with Crippen LogP contribution in [-0.2, 0) is 9.53 Å². The van der Waals surface area contributed by atoms with Crippen LogP contribution in [-0.4, -0.2) is 13.1 Å². The molecule has 0 heterocycles. The molecule has 2 N–H and O–H groups in total. The molecular formula is C11H10N2O2. The number of carbonyl (C=O) groups is 1. The maximum Gasteiger partial charge on any atom is 0.330 e. The summed E-state index contributed by atoms with van der Waals surface area (Å²) in [7, 11) is 1.30. The number of benzene rings is 1. The number of nitrogen functional groups attached to an aromatic ring is 1. The van der Waals surface area contributed by atoms with E-state index in [1.807, 2.05) is 6.07 Å². The number of ether oxygens (including phenoxy) is 1. The fourth-order valence-corrected chi connectivity index (χ4v) is 1.01. The van der Waals surface area contributed by atoms with Crippen molar-refractivity contribution in [2.75, 3.05) is 12.8 Å². The predicted octanol–water partition coefficient (Wildman–Crippen LogP) is 1.33. The van der Waals surface area contributed by atoms with Crippen molar-refractivity contribution in [3.05, 3.63) is 35.4 Å². The van der Waals surface area contributed by atoms with Crippen LogP contribution in [0, 0.1) is 11.3 Å². The molecule has 0 spiro atoms. The van der Waals surface area contributed by atoms with Crippen molar-refractivity contribution >= 4 is 17.7 Å². The van der Waals surface area contributed by atoms with Gasteiger partial charge in [0.25, 0.3) is 0 Å². The Hall–Kier alpha value is -2.28. The third-order valence-electron chi connectivity index (χ3n) is 1.81. The molecule has 0 saturated heterocycles. The summed E-state index contributed by atoms with van der Waals surface area (Å²) in [5.41, 5.74) is 7.09. The van der Waals surface area contributed by atoms with Gasteiger partial charge in [-0.2, -0.15) is 5.26 Å². The van der Waals surface area contributed by atoms with Crippen LogP contribution in [0.15, 0.2) is 24.3 Å². The summed E-state index contributed by atoms with van der Waals surface area (Å²) in [6.45, 7) is 0. The molecule has 0 aliphatic heterocycles. The maximum absolute atomic E-state index is 10.8. The number of rotatable bonds is 2. The zero-order valence-corrected chi connectivity index (χ0v) is 8.23. The number of methoxy groups -OCH3 is 1. The van der Waals surface area contributed by atoms with Crippen LogP contribution in [0.1, 0.15) is 11.1 Å². The normalized spacial score (nSPS) is 9.87. The molecule has 0 atom stereocenters. The van der Waals surface area contributed by atoms with E-state index < -0.39 is 5.97 Å². The van der Waals surface area contributed by atoms with E-state index in [-0.39, 0.29) is 0 Å². The Kier molecular flexibility index (Phi) is 3.47. The van der Waals surface area contributed by atoms with E-state index in [0.717, 1.165) is 5.56 Å². The second-order valence-electron chi connectivity index (χ2n) is 2.81. The van der Waals surface area contributed by atoms with E-state index in [9.17, 15) is 4.79 Å². The standard InChI is InChI=1S/C11H10N2O2/c1-15-11(14)5-3-8-2-4-10(13)9(6-8)7-12/h2-6H,13H2,1H3/b5-3+. The van der Waals surface area contributed by atoms with Gasteiger partial charge >= 0.3 is 5.97 Å². The molecule has 0 fully saturated rings. The summed E-state index contributed by atoms with van der Waals surface area (Å²) < 4.78 is 4.44. The molecule has 76 valence electrons. The second kappa shape index (κ2) is 4.82. The van der Waals surface area contributed by atoms with E-state index in [4.69, 9.17) is 11.0 Å². The van der Waals surface area contributed by atoms with Gasteiger partial charge in [-0.25, -0.2) is 4.79 Å². The van der Waals surface area contributed by atoms with Gasteiger partial charge in [-0.05, 0) is 23.8 Å². The number of nitrogens with zero attached hydrogens (tertiary/aromatic N) is 1. The molecule has 0 saturated carbocycles. The Morgan fingerprint density at radius 3 is 2.93 bits per heavy atom. The predicted molar refractivity (Wildman–Crippen MR) is 56.6 cm³/mol. The minimum atomic E-state index is -0.440. The van der Waals surface area contributed by atoms with Crippen LogP contribution in [0.5, 0.6) is 0 Å². The van der Waals surface area contributed by atoms with Gasteiger partial charge in [0.15, 0.2) is 0 Å². The Balaban J connectivity index is 2.94. The number of esters is 1. The van der Waals surface area contributed by atoms with E-state index >= 15 is 0 Å². The lowest BCUT2D eigenvalue weighted by Crippen LogP contribution is -1.94. The molecule has 0 aliphatic rings. The summed E-state index contributed by atoms with van der Waals surface area (Å²) in [6.07, 6.45) is 2.85. The van der Waals surface area contributed by atoms with Gasteiger partial charge in [-0.3, -0.25) is 0 Å². The van der Waals surface area contributed by atoms with Crippen molar-refractivity contribution < 1.29 is 9.53 Å². The van der Waals surface area contributed by atoms with Crippen LogP contribution in [0.25, 0.3) is 6.08 Å². The molecule has 4 heteroatoms. The van der Waals surface area contributed by atoms with Gasteiger partial charge < -0.3 is 10.5 Å². The molecule has 1 aromatic rings. The number of hydrogen-bond donors (Lipinski definition) is 1. The van der Waals surface area contributed by atoms with Crippen molar-refractivity contribution in [1.29, 1.82) is 5.26 Å². The lowest BCUT2D eigenvalue weighted by molar-refractivity contribution is -0.134. The minimum Gasteiger partial charge on any atom is -0.466 e. The van der Waals surface area contributed by atoms with Crippen molar-refractivity contribution in [2.45, 2.75) is 0 Å². The first kappa shape index (κ1) is 10.8. The molecule has 0 amide bonds. The summed E-state index contributed by atoms with van der Waals surface area (Å²) >= 11 is 0.